The predicted molar refractivity (Wildman–Crippen MR) is 212 cm³/mol. The van der Waals surface area contributed by atoms with Crippen molar-refractivity contribution in [1.82, 2.24) is 0 Å². The highest BCUT2D eigenvalue weighted by Crippen LogP contribution is 2.45. The fourth-order valence-electron chi connectivity index (χ4n) is 7.17. The quantitative estimate of drug-likeness (QED) is 0.104. The van der Waals surface area contributed by atoms with Gasteiger partial charge in [0.2, 0.25) is 0 Å². The van der Waals surface area contributed by atoms with Gasteiger partial charge in [-0.2, -0.15) is 0 Å². The number of phenolic OH excluding ortho intramolecular Hbond substituents is 1. The van der Waals surface area contributed by atoms with Crippen LogP contribution >= 0.6 is 0 Å². The van der Waals surface area contributed by atoms with E-state index < -0.39 is 22.8 Å². The average molecular weight is 703 g/mol. The molecule has 6 rings (SSSR count). The molecule has 5 heteroatoms. The molecule has 0 heterocycles. The molecule has 2 N–H and O–H groups in total. The van der Waals surface area contributed by atoms with Gasteiger partial charge < -0.3 is 14.9 Å². The molecule has 0 aliphatic rings. The topological polar surface area (TPSA) is 83.8 Å². The summed E-state index contributed by atoms with van der Waals surface area (Å²) in [5.41, 5.74) is 5.12. The SMILES string of the molecule is CC(c1ccccc1)c1cc(C(=O)Oc2c(C(=O)O)cc(C(C)(C)c3ccccc3)cc2C(C)(C)c2ccccc2)c(O)c(C(C)c2ccccc2)c1. The number of phenols is 1. The molecule has 0 radical (unpaired) electrons. The lowest BCUT2D eigenvalue weighted by molar-refractivity contribution is 0.0679. The van der Waals surface area contributed by atoms with E-state index in [1.165, 1.54) is 0 Å². The van der Waals surface area contributed by atoms with Gasteiger partial charge in [0.1, 0.15) is 22.6 Å². The van der Waals surface area contributed by atoms with E-state index in [4.69, 9.17) is 4.74 Å². The fourth-order valence-corrected chi connectivity index (χ4v) is 7.17. The van der Waals surface area contributed by atoms with E-state index in [9.17, 15) is 19.8 Å². The van der Waals surface area contributed by atoms with Crippen LogP contribution in [-0.4, -0.2) is 22.2 Å². The first-order valence-corrected chi connectivity index (χ1v) is 18.0. The van der Waals surface area contributed by atoms with Gasteiger partial charge in [0.15, 0.2) is 0 Å². The lowest BCUT2D eigenvalue weighted by atomic mass is 9.72. The third-order valence-corrected chi connectivity index (χ3v) is 10.8. The minimum atomic E-state index is -1.22. The van der Waals surface area contributed by atoms with Gasteiger partial charge in [-0.3, -0.25) is 0 Å². The molecule has 2 unspecified atom stereocenters. The lowest BCUT2D eigenvalue weighted by Crippen LogP contribution is -2.26. The summed E-state index contributed by atoms with van der Waals surface area (Å²) in [5.74, 6) is -2.69. The van der Waals surface area contributed by atoms with Crippen LogP contribution in [0.4, 0.5) is 0 Å². The van der Waals surface area contributed by atoms with Crippen LogP contribution in [0.1, 0.15) is 119 Å². The van der Waals surface area contributed by atoms with E-state index in [0.717, 1.165) is 33.4 Å². The van der Waals surface area contributed by atoms with E-state index in [0.29, 0.717) is 11.1 Å². The molecule has 0 spiro atoms. The molecule has 5 nitrogen and oxygen atoms in total. The van der Waals surface area contributed by atoms with Crippen molar-refractivity contribution in [3.8, 4) is 11.5 Å². The molecule has 53 heavy (non-hydrogen) atoms. The molecule has 6 aromatic carbocycles. The van der Waals surface area contributed by atoms with Gasteiger partial charge in [-0.15, -0.1) is 0 Å². The summed E-state index contributed by atoms with van der Waals surface area (Å²) in [4.78, 5) is 27.8. The molecule has 0 amide bonds. The number of benzene rings is 6. The minimum Gasteiger partial charge on any atom is -0.507 e. The van der Waals surface area contributed by atoms with Crippen molar-refractivity contribution in [1.29, 1.82) is 0 Å². The summed E-state index contributed by atoms with van der Waals surface area (Å²) < 4.78 is 6.29. The second kappa shape index (κ2) is 15.0. The maximum atomic E-state index is 14.6. The Hall–Kier alpha value is -5.94. The molecule has 0 bridgehead atoms. The summed E-state index contributed by atoms with van der Waals surface area (Å²) >= 11 is 0. The Kier molecular flexibility index (Phi) is 10.4. The number of carbonyl (C=O) groups excluding carboxylic acids is 1. The second-order valence-electron chi connectivity index (χ2n) is 14.8. The van der Waals surface area contributed by atoms with Crippen molar-refractivity contribution in [3.63, 3.8) is 0 Å². The van der Waals surface area contributed by atoms with E-state index in [1.54, 1.807) is 12.1 Å². The maximum Gasteiger partial charge on any atom is 0.347 e. The molecule has 0 aliphatic heterocycles. The van der Waals surface area contributed by atoms with Crippen LogP contribution in [0.25, 0.3) is 0 Å². The number of aromatic carboxylic acids is 1. The Morgan fingerprint density at radius 1 is 0.547 bits per heavy atom. The van der Waals surface area contributed by atoms with E-state index >= 15 is 0 Å². The Bertz CT molecular complexity index is 2220. The molecule has 0 aromatic heterocycles. The largest absolute Gasteiger partial charge is 0.507 e. The van der Waals surface area contributed by atoms with Crippen LogP contribution in [0.3, 0.4) is 0 Å². The number of carbonyl (C=O) groups is 2. The number of carboxylic acid groups (broad SMARTS) is 1. The van der Waals surface area contributed by atoms with Gasteiger partial charge in [0.25, 0.3) is 0 Å². The number of aromatic hydroxyl groups is 1. The Morgan fingerprint density at radius 2 is 1.02 bits per heavy atom. The van der Waals surface area contributed by atoms with Crippen molar-refractivity contribution in [2.75, 3.05) is 0 Å². The first kappa shape index (κ1) is 36.8. The summed E-state index contributed by atoms with van der Waals surface area (Å²) in [7, 11) is 0. The zero-order chi connectivity index (χ0) is 37.9. The van der Waals surface area contributed by atoms with Gasteiger partial charge in [0.05, 0.1) is 0 Å². The van der Waals surface area contributed by atoms with E-state index in [2.05, 4.69) is 20.8 Å². The van der Waals surface area contributed by atoms with E-state index in [-0.39, 0.29) is 34.5 Å². The highest BCUT2D eigenvalue weighted by Gasteiger charge is 2.35. The summed E-state index contributed by atoms with van der Waals surface area (Å²) in [6, 6.07) is 46.7. The molecule has 0 saturated heterocycles. The average Bonchev–Trinajstić information content (AvgIpc) is 3.18. The predicted octanol–water partition coefficient (Wildman–Crippen LogP) is 11.3. The van der Waals surface area contributed by atoms with Crippen LogP contribution in [0.15, 0.2) is 146 Å². The van der Waals surface area contributed by atoms with Crippen molar-refractivity contribution >= 4 is 11.9 Å². The van der Waals surface area contributed by atoms with Crippen molar-refractivity contribution in [3.05, 3.63) is 201 Å². The second-order valence-corrected chi connectivity index (χ2v) is 14.8. The van der Waals surface area contributed by atoms with Crippen LogP contribution in [-0.2, 0) is 10.8 Å². The minimum absolute atomic E-state index is 0.0310. The molecule has 6 aromatic rings. The lowest BCUT2D eigenvalue weighted by Gasteiger charge is -2.33. The van der Waals surface area contributed by atoms with Gasteiger partial charge in [0, 0.05) is 33.8 Å². The zero-order valence-electron chi connectivity index (χ0n) is 31.1. The highest BCUT2D eigenvalue weighted by molar-refractivity contribution is 5.98. The molecule has 2 atom stereocenters. The summed E-state index contributed by atoms with van der Waals surface area (Å²) in [6.45, 7) is 12.2. The van der Waals surface area contributed by atoms with Crippen molar-refractivity contribution in [2.24, 2.45) is 0 Å². The highest BCUT2D eigenvalue weighted by atomic mass is 16.5. The summed E-state index contributed by atoms with van der Waals surface area (Å²) in [6.07, 6.45) is 0. The Labute approximate surface area is 312 Å². The van der Waals surface area contributed by atoms with Gasteiger partial charge in [-0.05, 0) is 45.5 Å². The first-order chi connectivity index (χ1) is 25.3. The van der Waals surface area contributed by atoms with Gasteiger partial charge >= 0.3 is 11.9 Å². The monoisotopic (exact) mass is 702 g/mol. The standard InChI is InChI=1S/C48H46O5/c1-31(33-19-11-7-12-20-33)35-27-39(32(2)34-21-13-8-14-22-34)43(49)40(28-35)46(52)53-44-41(45(50)51)29-38(47(3,4)36-23-15-9-16-24-36)30-42(44)48(5,6)37-25-17-10-18-26-37/h7-32,49H,1-6H3,(H,50,51). The Morgan fingerprint density at radius 3 is 1.53 bits per heavy atom. The molecular formula is C48H46O5. The van der Waals surface area contributed by atoms with E-state index in [1.807, 2.05) is 154 Å². The number of ether oxygens (including phenoxy) is 1. The summed E-state index contributed by atoms with van der Waals surface area (Å²) in [5, 5.41) is 22.7. The number of carboxylic acids is 1. The molecule has 0 saturated carbocycles. The first-order valence-electron chi connectivity index (χ1n) is 18.0. The van der Waals surface area contributed by atoms with Crippen LogP contribution < -0.4 is 4.74 Å². The third kappa shape index (κ3) is 7.38. The van der Waals surface area contributed by atoms with Crippen molar-refractivity contribution < 1.29 is 24.5 Å². The number of hydrogen-bond acceptors (Lipinski definition) is 4. The number of rotatable bonds is 11. The maximum absolute atomic E-state index is 14.6. The van der Waals surface area contributed by atoms with Crippen LogP contribution in [0, 0.1) is 0 Å². The molecule has 0 fully saturated rings. The van der Waals surface area contributed by atoms with Gasteiger partial charge in [-0.1, -0.05) is 175 Å². The number of hydrogen-bond donors (Lipinski definition) is 2. The molecular weight excluding hydrogens is 657 g/mol. The third-order valence-electron chi connectivity index (χ3n) is 10.8. The number of esters is 1. The Balaban J connectivity index is 1.55. The van der Waals surface area contributed by atoms with Crippen molar-refractivity contribution in [2.45, 2.75) is 64.2 Å². The van der Waals surface area contributed by atoms with Crippen LogP contribution in [0.2, 0.25) is 0 Å². The molecule has 268 valence electrons. The van der Waals surface area contributed by atoms with Gasteiger partial charge in [-0.25, -0.2) is 9.59 Å². The van der Waals surface area contributed by atoms with Crippen LogP contribution in [0.5, 0.6) is 11.5 Å². The normalized spacial score (nSPS) is 12.9. The molecule has 0 aliphatic carbocycles. The zero-order valence-corrected chi connectivity index (χ0v) is 31.1. The smallest absolute Gasteiger partial charge is 0.347 e. The fraction of sp³-hybridized carbons (Fsp3) is 0.208.